The molecule has 0 saturated carbocycles. The summed E-state index contributed by atoms with van der Waals surface area (Å²) in [5.74, 6) is -0.442. The Labute approximate surface area is 133 Å². The first-order valence-corrected chi connectivity index (χ1v) is 8.32. The third kappa shape index (κ3) is 3.23. The van der Waals surface area contributed by atoms with Crippen LogP contribution in [0.5, 0.6) is 5.75 Å². The predicted octanol–water partition coefficient (Wildman–Crippen LogP) is 2.71. The molecule has 0 saturated heterocycles. The maximum Gasteiger partial charge on any atom is 0.343 e. The average Bonchev–Trinajstić information content (AvgIpc) is 2.54. The van der Waals surface area contributed by atoms with Crippen LogP contribution >= 0.6 is 0 Å². The van der Waals surface area contributed by atoms with Crippen LogP contribution in [0.2, 0.25) is 0 Å². The SMILES string of the molecule is NS(=O)(=O)c1cc(OC(=O)c2ccccc2)cc2ccccc12. The molecular formula is C17H13NO4S. The third-order valence-corrected chi connectivity index (χ3v) is 4.27. The van der Waals surface area contributed by atoms with Gasteiger partial charge in [0.2, 0.25) is 10.0 Å². The Morgan fingerprint density at radius 2 is 1.57 bits per heavy atom. The van der Waals surface area contributed by atoms with Crippen molar-refractivity contribution in [1.82, 2.24) is 0 Å². The van der Waals surface area contributed by atoms with Crippen molar-refractivity contribution in [1.29, 1.82) is 0 Å². The zero-order chi connectivity index (χ0) is 16.4. The van der Waals surface area contributed by atoms with Crippen molar-refractivity contribution in [3.63, 3.8) is 0 Å². The van der Waals surface area contributed by atoms with Crippen LogP contribution in [0.3, 0.4) is 0 Å². The van der Waals surface area contributed by atoms with Gasteiger partial charge in [0.05, 0.1) is 10.5 Å². The zero-order valence-electron chi connectivity index (χ0n) is 12.0. The number of carbonyl (C=O) groups is 1. The monoisotopic (exact) mass is 327 g/mol. The average molecular weight is 327 g/mol. The normalized spacial score (nSPS) is 11.3. The first-order valence-electron chi connectivity index (χ1n) is 6.78. The van der Waals surface area contributed by atoms with E-state index in [2.05, 4.69) is 0 Å². The van der Waals surface area contributed by atoms with Gasteiger partial charge in [0.25, 0.3) is 0 Å². The molecule has 3 aromatic rings. The zero-order valence-corrected chi connectivity index (χ0v) is 12.8. The first kappa shape index (κ1) is 15.2. The van der Waals surface area contributed by atoms with Crippen LogP contribution in [0, 0.1) is 0 Å². The second-order valence-electron chi connectivity index (χ2n) is 4.94. The summed E-state index contributed by atoms with van der Waals surface area (Å²) >= 11 is 0. The van der Waals surface area contributed by atoms with Crippen molar-refractivity contribution in [2.45, 2.75) is 4.90 Å². The summed E-state index contributed by atoms with van der Waals surface area (Å²) in [7, 11) is -3.94. The van der Waals surface area contributed by atoms with Gasteiger partial charge in [-0.2, -0.15) is 0 Å². The van der Waals surface area contributed by atoms with Gasteiger partial charge in [0, 0.05) is 11.5 Å². The number of hydrogen-bond donors (Lipinski definition) is 1. The lowest BCUT2D eigenvalue weighted by molar-refractivity contribution is 0.0734. The fraction of sp³-hybridized carbons (Fsp3) is 0. The summed E-state index contributed by atoms with van der Waals surface area (Å²) in [6, 6.07) is 18.2. The molecule has 3 aromatic carbocycles. The Hall–Kier alpha value is -2.70. The number of hydrogen-bond acceptors (Lipinski definition) is 4. The Balaban J connectivity index is 2.07. The van der Waals surface area contributed by atoms with Crippen LogP contribution < -0.4 is 9.88 Å². The van der Waals surface area contributed by atoms with Crippen LogP contribution in [-0.2, 0) is 10.0 Å². The van der Waals surface area contributed by atoms with Crippen molar-refractivity contribution < 1.29 is 17.9 Å². The summed E-state index contributed by atoms with van der Waals surface area (Å²) in [6.45, 7) is 0. The van der Waals surface area contributed by atoms with Crippen LogP contribution in [0.15, 0.2) is 71.6 Å². The fourth-order valence-corrected chi connectivity index (χ4v) is 3.06. The highest BCUT2D eigenvalue weighted by molar-refractivity contribution is 7.89. The number of ether oxygens (including phenoxy) is 1. The number of nitrogens with two attached hydrogens (primary N) is 1. The van der Waals surface area contributed by atoms with Gasteiger partial charge >= 0.3 is 5.97 Å². The molecule has 0 aliphatic carbocycles. The lowest BCUT2D eigenvalue weighted by Crippen LogP contribution is -2.14. The molecule has 0 heterocycles. The van der Waals surface area contributed by atoms with Crippen molar-refractivity contribution in [2.24, 2.45) is 5.14 Å². The summed E-state index contributed by atoms with van der Waals surface area (Å²) in [5.41, 5.74) is 0.373. The van der Waals surface area contributed by atoms with Gasteiger partial charge < -0.3 is 4.74 Å². The number of primary sulfonamides is 1. The number of carbonyl (C=O) groups excluding carboxylic acids is 1. The molecule has 0 amide bonds. The van der Waals surface area contributed by atoms with Crippen molar-refractivity contribution >= 4 is 26.8 Å². The Morgan fingerprint density at radius 1 is 0.913 bits per heavy atom. The van der Waals surface area contributed by atoms with Gasteiger partial charge in [-0.25, -0.2) is 18.4 Å². The van der Waals surface area contributed by atoms with Gasteiger partial charge in [-0.3, -0.25) is 0 Å². The molecule has 116 valence electrons. The second kappa shape index (κ2) is 5.83. The smallest absolute Gasteiger partial charge is 0.343 e. The predicted molar refractivity (Wildman–Crippen MR) is 86.7 cm³/mol. The largest absolute Gasteiger partial charge is 0.423 e. The van der Waals surface area contributed by atoms with Crippen LogP contribution in [0.4, 0.5) is 0 Å². The molecule has 3 rings (SSSR count). The Kier molecular flexibility index (Phi) is 3.85. The van der Waals surface area contributed by atoms with E-state index in [9.17, 15) is 13.2 Å². The van der Waals surface area contributed by atoms with Crippen molar-refractivity contribution in [2.75, 3.05) is 0 Å². The van der Waals surface area contributed by atoms with E-state index in [1.807, 2.05) is 0 Å². The third-order valence-electron chi connectivity index (χ3n) is 3.32. The minimum Gasteiger partial charge on any atom is -0.423 e. The number of fused-ring (bicyclic) bond motifs is 1. The second-order valence-corrected chi connectivity index (χ2v) is 6.47. The van der Waals surface area contributed by atoms with Gasteiger partial charge in [-0.1, -0.05) is 42.5 Å². The van der Waals surface area contributed by atoms with Gasteiger partial charge in [0.15, 0.2) is 0 Å². The topological polar surface area (TPSA) is 86.5 Å². The van der Waals surface area contributed by atoms with E-state index < -0.39 is 16.0 Å². The molecule has 2 N–H and O–H groups in total. The molecule has 0 aliphatic rings. The Bertz CT molecular complexity index is 982. The number of sulfonamides is 1. The molecule has 0 bridgehead atoms. The maximum absolute atomic E-state index is 12.1. The summed E-state index contributed by atoms with van der Waals surface area (Å²) in [4.78, 5) is 12.0. The summed E-state index contributed by atoms with van der Waals surface area (Å²) in [6.07, 6.45) is 0. The van der Waals surface area contributed by atoms with Crippen LogP contribution in [-0.4, -0.2) is 14.4 Å². The maximum atomic E-state index is 12.1. The minimum absolute atomic E-state index is 0.0774. The van der Waals surface area contributed by atoms with Crippen molar-refractivity contribution in [3.05, 3.63) is 72.3 Å². The van der Waals surface area contributed by atoms with Gasteiger partial charge in [-0.15, -0.1) is 0 Å². The van der Waals surface area contributed by atoms with E-state index >= 15 is 0 Å². The lowest BCUT2D eigenvalue weighted by atomic mass is 10.1. The Morgan fingerprint density at radius 3 is 2.26 bits per heavy atom. The molecule has 0 atom stereocenters. The molecule has 0 unspecified atom stereocenters. The fourth-order valence-electron chi connectivity index (χ4n) is 2.28. The highest BCUT2D eigenvalue weighted by Crippen LogP contribution is 2.28. The lowest BCUT2D eigenvalue weighted by Gasteiger charge is -2.09. The molecule has 0 radical (unpaired) electrons. The molecular weight excluding hydrogens is 314 g/mol. The minimum atomic E-state index is -3.94. The molecule has 6 heteroatoms. The van der Waals surface area contributed by atoms with E-state index in [1.165, 1.54) is 6.07 Å². The van der Waals surface area contributed by atoms with E-state index in [4.69, 9.17) is 9.88 Å². The summed E-state index contributed by atoms with van der Waals surface area (Å²) < 4.78 is 28.9. The van der Waals surface area contributed by atoms with E-state index in [-0.39, 0.29) is 10.6 Å². The molecule has 0 aromatic heterocycles. The van der Waals surface area contributed by atoms with E-state index in [0.29, 0.717) is 16.3 Å². The summed E-state index contributed by atoms with van der Waals surface area (Å²) in [5, 5.41) is 6.37. The van der Waals surface area contributed by atoms with Crippen LogP contribution in [0.1, 0.15) is 10.4 Å². The highest BCUT2D eigenvalue weighted by atomic mass is 32.2. The molecule has 0 aliphatic heterocycles. The van der Waals surface area contributed by atoms with E-state index in [1.54, 1.807) is 60.7 Å². The molecule has 23 heavy (non-hydrogen) atoms. The van der Waals surface area contributed by atoms with Gasteiger partial charge in [0.1, 0.15) is 5.75 Å². The molecule has 0 spiro atoms. The van der Waals surface area contributed by atoms with E-state index in [0.717, 1.165) is 0 Å². The number of esters is 1. The van der Waals surface area contributed by atoms with Crippen molar-refractivity contribution in [3.8, 4) is 5.75 Å². The molecule has 0 fully saturated rings. The highest BCUT2D eigenvalue weighted by Gasteiger charge is 2.16. The van der Waals surface area contributed by atoms with Crippen LogP contribution in [0.25, 0.3) is 10.8 Å². The quantitative estimate of drug-likeness (QED) is 0.592. The number of benzene rings is 3. The van der Waals surface area contributed by atoms with Gasteiger partial charge in [-0.05, 0) is 23.6 Å². The molecule has 5 nitrogen and oxygen atoms in total. The first-order chi connectivity index (χ1) is 10.9. The standard InChI is InChI=1S/C17H13NO4S/c18-23(20,21)16-11-14(10-13-8-4-5-9-15(13)16)22-17(19)12-6-2-1-3-7-12/h1-11H,(H2,18,20,21). The number of rotatable bonds is 3.